The van der Waals surface area contributed by atoms with Gasteiger partial charge in [-0.1, -0.05) is 30.4 Å². The zero-order valence-corrected chi connectivity index (χ0v) is 16.1. The fourth-order valence-electron chi connectivity index (χ4n) is 2.33. The van der Waals surface area contributed by atoms with Gasteiger partial charge in [0.1, 0.15) is 10.1 Å². The highest BCUT2D eigenvalue weighted by atomic mass is 32.2. The van der Waals surface area contributed by atoms with E-state index in [0.29, 0.717) is 40.8 Å². The van der Waals surface area contributed by atoms with Gasteiger partial charge in [0.25, 0.3) is 5.91 Å². The normalized spacial score (nSPS) is 13.7. The molecule has 1 heterocycles. The van der Waals surface area contributed by atoms with Crippen molar-refractivity contribution in [2.45, 2.75) is 25.7 Å². The molecule has 26 heavy (non-hydrogen) atoms. The van der Waals surface area contributed by atoms with Crippen LogP contribution in [-0.2, 0) is 9.59 Å². The summed E-state index contributed by atoms with van der Waals surface area (Å²) >= 11 is 6.50. The van der Waals surface area contributed by atoms with Gasteiger partial charge in [-0.15, -0.1) is 0 Å². The van der Waals surface area contributed by atoms with Crippen molar-refractivity contribution >= 4 is 46.0 Å². The molecule has 7 nitrogen and oxygen atoms in total. The fourth-order valence-corrected chi connectivity index (χ4v) is 3.45. The largest absolute Gasteiger partial charge is 0.497 e. The van der Waals surface area contributed by atoms with Gasteiger partial charge < -0.3 is 4.74 Å². The van der Waals surface area contributed by atoms with Crippen LogP contribution in [0.25, 0.3) is 0 Å². The molecule has 0 atom stereocenters. The second-order valence-corrected chi connectivity index (χ2v) is 7.25. The van der Waals surface area contributed by atoms with E-state index in [9.17, 15) is 14.4 Å². The maximum Gasteiger partial charge on any atom is 0.269 e. The van der Waals surface area contributed by atoms with Crippen LogP contribution in [0.4, 0.5) is 0 Å². The molecule has 1 fully saturated rings. The molecule has 1 aromatic carbocycles. The van der Waals surface area contributed by atoms with E-state index in [1.165, 1.54) is 11.8 Å². The highest BCUT2D eigenvalue weighted by Gasteiger charge is 2.25. The molecule has 3 amide bonds. The van der Waals surface area contributed by atoms with E-state index in [1.807, 2.05) is 0 Å². The summed E-state index contributed by atoms with van der Waals surface area (Å²) in [4.78, 5) is 36.9. The van der Waals surface area contributed by atoms with Crippen LogP contribution in [0.2, 0.25) is 0 Å². The minimum atomic E-state index is -0.389. The molecule has 0 aromatic heterocycles. The number of rotatable bonds is 8. The first-order chi connectivity index (χ1) is 12.5. The predicted molar refractivity (Wildman–Crippen MR) is 104 cm³/mol. The van der Waals surface area contributed by atoms with Crippen molar-refractivity contribution in [1.29, 1.82) is 0 Å². The van der Waals surface area contributed by atoms with Crippen molar-refractivity contribution in [2.75, 3.05) is 19.4 Å². The molecule has 1 saturated heterocycles. The molecule has 0 saturated carbocycles. The van der Waals surface area contributed by atoms with E-state index >= 15 is 0 Å². The van der Waals surface area contributed by atoms with E-state index in [0.717, 1.165) is 12.8 Å². The summed E-state index contributed by atoms with van der Waals surface area (Å²) in [7, 11) is 1.55. The summed E-state index contributed by atoms with van der Waals surface area (Å²) in [6, 6.07) is 6.57. The Morgan fingerprint density at radius 3 is 2.54 bits per heavy atom. The summed E-state index contributed by atoms with van der Waals surface area (Å²) in [6.45, 7) is 0.598. The zero-order chi connectivity index (χ0) is 18.9. The van der Waals surface area contributed by atoms with Gasteiger partial charge in [0.05, 0.1) is 12.9 Å². The van der Waals surface area contributed by atoms with Gasteiger partial charge >= 0.3 is 0 Å². The molecule has 2 N–H and O–H groups in total. The molecule has 140 valence electrons. The molecular formula is C17H21N3O4S2. The molecule has 0 radical (unpaired) electrons. The third-order valence-corrected chi connectivity index (χ3v) is 5.23. The molecule has 0 aliphatic carbocycles. The standard InChI is InChI=1S/C17H21N3O4S2/c1-24-13-8-6-12(7-9-13)16(23)19-18-14(21)5-3-2-4-10-20-15(22)11-26-17(20)25/h6-9H,2-5,10-11H2,1H3,(H,18,21)(H,19,23). The Bertz CT molecular complexity index is 663. The number of hydrazine groups is 1. The van der Waals surface area contributed by atoms with Crippen LogP contribution in [0.5, 0.6) is 5.75 Å². The van der Waals surface area contributed by atoms with Gasteiger partial charge in [0, 0.05) is 18.5 Å². The van der Waals surface area contributed by atoms with Gasteiger partial charge in [-0.05, 0) is 37.1 Å². The first-order valence-electron chi connectivity index (χ1n) is 8.21. The number of carbonyl (C=O) groups excluding carboxylic acids is 3. The van der Waals surface area contributed by atoms with E-state index in [1.54, 1.807) is 36.3 Å². The Hall–Kier alpha value is -2.13. The van der Waals surface area contributed by atoms with Crippen LogP contribution in [0, 0.1) is 0 Å². The Morgan fingerprint density at radius 1 is 1.19 bits per heavy atom. The molecule has 1 aromatic rings. The number of carbonyl (C=O) groups is 3. The number of amides is 3. The predicted octanol–water partition coefficient (Wildman–Crippen LogP) is 1.88. The molecule has 1 aliphatic rings. The highest BCUT2D eigenvalue weighted by Crippen LogP contribution is 2.19. The van der Waals surface area contributed by atoms with Gasteiger partial charge in [0.15, 0.2) is 0 Å². The van der Waals surface area contributed by atoms with Crippen LogP contribution < -0.4 is 15.6 Å². The van der Waals surface area contributed by atoms with Crippen LogP contribution in [0.3, 0.4) is 0 Å². The van der Waals surface area contributed by atoms with Crippen LogP contribution >= 0.6 is 24.0 Å². The lowest BCUT2D eigenvalue weighted by molar-refractivity contribution is -0.124. The first-order valence-corrected chi connectivity index (χ1v) is 9.61. The average Bonchev–Trinajstić information content (AvgIpc) is 2.97. The minimum absolute atomic E-state index is 0.0546. The third kappa shape index (κ3) is 5.99. The number of hydrogen-bond acceptors (Lipinski definition) is 6. The number of ether oxygens (including phenoxy) is 1. The molecule has 2 rings (SSSR count). The average molecular weight is 396 g/mol. The van der Waals surface area contributed by atoms with Crippen molar-refractivity contribution < 1.29 is 19.1 Å². The number of nitrogens with one attached hydrogen (secondary N) is 2. The zero-order valence-electron chi connectivity index (χ0n) is 14.4. The van der Waals surface area contributed by atoms with E-state index in [2.05, 4.69) is 10.9 Å². The van der Waals surface area contributed by atoms with Crippen molar-refractivity contribution in [1.82, 2.24) is 15.8 Å². The van der Waals surface area contributed by atoms with E-state index in [4.69, 9.17) is 17.0 Å². The first kappa shape index (κ1) is 20.2. The number of thioether (sulfide) groups is 1. The van der Waals surface area contributed by atoms with E-state index in [-0.39, 0.29) is 17.7 Å². The number of hydrogen-bond donors (Lipinski definition) is 2. The lowest BCUT2D eigenvalue weighted by Crippen LogP contribution is -2.41. The Kier molecular flexibility index (Phi) is 7.86. The number of methoxy groups -OCH3 is 1. The molecular weight excluding hydrogens is 374 g/mol. The van der Waals surface area contributed by atoms with Crippen molar-refractivity contribution in [3.63, 3.8) is 0 Å². The quantitative estimate of drug-likeness (QED) is 0.397. The van der Waals surface area contributed by atoms with Gasteiger partial charge in [-0.3, -0.25) is 30.1 Å². The summed E-state index contributed by atoms with van der Waals surface area (Å²) < 4.78 is 5.66. The summed E-state index contributed by atoms with van der Waals surface area (Å²) in [5, 5.41) is 0. The molecule has 0 unspecified atom stereocenters. The monoisotopic (exact) mass is 395 g/mol. The van der Waals surface area contributed by atoms with Crippen LogP contribution in [-0.4, -0.2) is 46.3 Å². The smallest absolute Gasteiger partial charge is 0.269 e. The van der Waals surface area contributed by atoms with Gasteiger partial charge in [-0.25, -0.2) is 0 Å². The summed E-state index contributed by atoms with van der Waals surface area (Å²) in [5.74, 6) is 0.490. The van der Waals surface area contributed by atoms with Crippen molar-refractivity contribution in [3.8, 4) is 5.75 Å². The fraction of sp³-hybridized carbons (Fsp3) is 0.412. The Balaban J connectivity index is 1.59. The highest BCUT2D eigenvalue weighted by molar-refractivity contribution is 8.23. The minimum Gasteiger partial charge on any atom is -0.497 e. The van der Waals surface area contributed by atoms with Crippen LogP contribution in [0.1, 0.15) is 36.0 Å². The Morgan fingerprint density at radius 2 is 1.92 bits per heavy atom. The number of benzene rings is 1. The second-order valence-electron chi connectivity index (χ2n) is 5.64. The number of unbranched alkanes of at least 4 members (excludes halogenated alkanes) is 2. The third-order valence-electron chi connectivity index (χ3n) is 3.79. The van der Waals surface area contributed by atoms with Crippen LogP contribution in [0.15, 0.2) is 24.3 Å². The van der Waals surface area contributed by atoms with Gasteiger partial charge in [-0.2, -0.15) is 0 Å². The lowest BCUT2D eigenvalue weighted by atomic mass is 10.2. The van der Waals surface area contributed by atoms with Gasteiger partial charge in [0.2, 0.25) is 11.8 Å². The molecule has 9 heteroatoms. The molecule has 0 bridgehead atoms. The maximum atomic E-state index is 11.9. The topological polar surface area (TPSA) is 87.7 Å². The molecule has 0 spiro atoms. The Labute approximate surface area is 161 Å². The van der Waals surface area contributed by atoms with E-state index < -0.39 is 0 Å². The summed E-state index contributed by atoms with van der Waals surface area (Å²) in [6.07, 6.45) is 2.57. The summed E-state index contributed by atoms with van der Waals surface area (Å²) in [5.41, 5.74) is 5.20. The SMILES string of the molecule is COc1ccc(C(=O)NNC(=O)CCCCCN2C(=O)CSC2=S)cc1. The maximum absolute atomic E-state index is 11.9. The van der Waals surface area contributed by atoms with Crippen molar-refractivity contribution in [2.24, 2.45) is 0 Å². The molecule has 1 aliphatic heterocycles. The van der Waals surface area contributed by atoms with Crippen molar-refractivity contribution in [3.05, 3.63) is 29.8 Å². The lowest BCUT2D eigenvalue weighted by Gasteiger charge is -2.14. The second kappa shape index (κ2) is 10.1. The number of nitrogens with zero attached hydrogens (tertiary/aromatic N) is 1. The number of thiocarbonyl (C=S) groups is 1.